The van der Waals surface area contributed by atoms with Gasteiger partial charge >= 0.3 is 0 Å². The summed E-state index contributed by atoms with van der Waals surface area (Å²) in [5, 5.41) is 0. The maximum Gasteiger partial charge on any atom is 0.0158 e. The molecule has 140 valence electrons. The van der Waals surface area contributed by atoms with Crippen molar-refractivity contribution >= 4 is 0 Å². The van der Waals surface area contributed by atoms with Gasteiger partial charge in [0.1, 0.15) is 0 Å². The van der Waals surface area contributed by atoms with Crippen molar-refractivity contribution in [2.45, 2.75) is 44.4 Å². The topological polar surface area (TPSA) is 0 Å². The Balaban J connectivity index is 1.35. The summed E-state index contributed by atoms with van der Waals surface area (Å²) < 4.78 is 0. The van der Waals surface area contributed by atoms with Crippen LogP contribution in [0.25, 0.3) is 11.1 Å². The quantitative estimate of drug-likeness (QED) is 0.532. The Kier molecular flexibility index (Phi) is 3.10. The molecule has 8 rings (SSSR count). The van der Waals surface area contributed by atoms with Gasteiger partial charge in [-0.15, -0.1) is 0 Å². The van der Waals surface area contributed by atoms with Gasteiger partial charge in [-0.25, -0.2) is 0 Å². The lowest BCUT2D eigenvalue weighted by Crippen LogP contribution is -2.53. The molecule has 0 aliphatic heterocycles. The van der Waals surface area contributed by atoms with Gasteiger partial charge in [0.05, 0.1) is 0 Å². The van der Waals surface area contributed by atoms with Crippen LogP contribution >= 0.6 is 0 Å². The minimum absolute atomic E-state index is 0.502. The second-order valence-corrected chi connectivity index (χ2v) is 10.3. The Bertz CT molecular complexity index is 960. The fraction of sp³-hybridized carbons (Fsp3) is 0.429. The van der Waals surface area contributed by atoms with Gasteiger partial charge in [0.25, 0.3) is 0 Å². The molecule has 2 aromatic rings. The van der Waals surface area contributed by atoms with Crippen LogP contribution in [-0.4, -0.2) is 0 Å². The Morgan fingerprint density at radius 3 is 2.00 bits per heavy atom. The zero-order valence-electron chi connectivity index (χ0n) is 16.5. The lowest BCUT2D eigenvalue weighted by atomic mass is 9.42. The molecule has 6 aliphatic rings. The van der Waals surface area contributed by atoms with Gasteiger partial charge in [0, 0.05) is 5.92 Å². The molecule has 0 amide bonds. The summed E-state index contributed by atoms with van der Waals surface area (Å²) >= 11 is 0. The molecule has 0 spiro atoms. The van der Waals surface area contributed by atoms with E-state index in [-0.39, 0.29) is 0 Å². The molecule has 6 aliphatic carbocycles. The number of benzene rings is 2. The van der Waals surface area contributed by atoms with Gasteiger partial charge in [-0.05, 0) is 89.9 Å². The minimum Gasteiger partial charge on any atom is -0.0805 e. The average Bonchev–Trinajstić information content (AvgIpc) is 3.33. The minimum atomic E-state index is 0.502. The van der Waals surface area contributed by atoms with E-state index in [0.717, 1.165) is 23.7 Å². The first-order chi connectivity index (χ1) is 13.8. The van der Waals surface area contributed by atoms with E-state index in [1.54, 1.807) is 16.7 Å². The van der Waals surface area contributed by atoms with E-state index >= 15 is 0 Å². The predicted molar refractivity (Wildman–Crippen MR) is 115 cm³/mol. The zero-order valence-corrected chi connectivity index (χ0v) is 16.5. The molecule has 0 aromatic heterocycles. The van der Waals surface area contributed by atoms with Gasteiger partial charge in [0.15, 0.2) is 0 Å². The molecular weight excluding hydrogens is 336 g/mol. The van der Waals surface area contributed by atoms with Gasteiger partial charge in [-0.3, -0.25) is 0 Å². The average molecular weight is 365 g/mol. The third-order valence-corrected chi connectivity index (χ3v) is 8.99. The summed E-state index contributed by atoms with van der Waals surface area (Å²) in [6.07, 6.45) is 15.7. The third-order valence-electron chi connectivity index (χ3n) is 8.99. The van der Waals surface area contributed by atoms with Crippen LogP contribution in [0, 0.1) is 29.1 Å². The van der Waals surface area contributed by atoms with Gasteiger partial charge in [0.2, 0.25) is 0 Å². The highest BCUT2D eigenvalue weighted by Gasteiger charge is 2.59. The molecule has 0 N–H and O–H groups in total. The number of hydrogen-bond acceptors (Lipinski definition) is 0. The summed E-state index contributed by atoms with van der Waals surface area (Å²) in [4.78, 5) is 0. The van der Waals surface area contributed by atoms with Crippen LogP contribution in [-0.2, 0) is 0 Å². The van der Waals surface area contributed by atoms with Crippen molar-refractivity contribution in [3.8, 4) is 11.1 Å². The van der Waals surface area contributed by atoms with Crippen molar-refractivity contribution in [2.24, 2.45) is 29.1 Å². The van der Waals surface area contributed by atoms with E-state index in [9.17, 15) is 0 Å². The van der Waals surface area contributed by atoms with Gasteiger partial charge in [-0.1, -0.05) is 72.3 Å². The normalized spacial score (nSPS) is 37.2. The first-order valence-electron chi connectivity index (χ1n) is 11.4. The molecule has 0 nitrogen and oxygen atoms in total. The van der Waals surface area contributed by atoms with Crippen LogP contribution in [0.2, 0.25) is 0 Å². The van der Waals surface area contributed by atoms with Gasteiger partial charge in [-0.2, -0.15) is 0 Å². The van der Waals surface area contributed by atoms with Crippen molar-refractivity contribution in [1.82, 2.24) is 0 Å². The molecule has 0 heteroatoms. The molecule has 0 saturated heterocycles. The number of allylic oxidation sites excluding steroid dienone is 4. The molecule has 4 saturated carbocycles. The van der Waals surface area contributed by atoms with Crippen LogP contribution in [0.15, 0.2) is 72.3 Å². The predicted octanol–water partition coefficient (Wildman–Crippen LogP) is 7.13. The largest absolute Gasteiger partial charge is 0.0805 e. The molecule has 2 unspecified atom stereocenters. The van der Waals surface area contributed by atoms with E-state index in [1.807, 2.05) is 0 Å². The molecule has 28 heavy (non-hydrogen) atoms. The summed E-state index contributed by atoms with van der Waals surface area (Å²) in [5.41, 5.74) is 8.54. The fourth-order valence-corrected chi connectivity index (χ4v) is 8.57. The van der Waals surface area contributed by atoms with E-state index < -0.39 is 0 Å². The maximum absolute atomic E-state index is 2.46. The highest BCUT2D eigenvalue weighted by Crippen LogP contribution is 2.70. The van der Waals surface area contributed by atoms with Crippen LogP contribution in [0.3, 0.4) is 0 Å². The SMILES string of the molecule is C1=CCC(C2C3CC4CC2CC(C2c5ccccc5-c5ccccc52)(C4)C3)=C1. The standard InChI is InChI=1S/C28H28/c1-2-8-19(7-1)26-20-13-18-14-21(26)17-28(15-18,16-20)27-24-11-5-3-9-22(24)23-10-4-6-12-25(23)27/h1-7,9-12,18,20-21,26-27H,8,13-17H2. The van der Waals surface area contributed by atoms with E-state index in [4.69, 9.17) is 0 Å². The first-order valence-corrected chi connectivity index (χ1v) is 11.4. The van der Waals surface area contributed by atoms with Crippen molar-refractivity contribution in [3.05, 3.63) is 83.5 Å². The van der Waals surface area contributed by atoms with Crippen molar-refractivity contribution in [1.29, 1.82) is 0 Å². The molecule has 0 radical (unpaired) electrons. The first kappa shape index (κ1) is 15.8. The molecule has 4 bridgehead atoms. The smallest absolute Gasteiger partial charge is 0.0158 e. The van der Waals surface area contributed by atoms with Crippen LogP contribution < -0.4 is 0 Å². The Morgan fingerprint density at radius 2 is 1.39 bits per heavy atom. The summed E-state index contributed by atoms with van der Waals surface area (Å²) in [7, 11) is 0. The fourth-order valence-electron chi connectivity index (χ4n) is 8.57. The lowest BCUT2D eigenvalue weighted by molar-refractivity contribution is -0.0910. The third kappa shape index (κ3) is 1.97. The van der Waals surface area contributed by atoms with Crippen molar-refractivity contribution in [2.75, 3.05) is 0 Å². The maximum atomic E-state index is 2.46. The van der Waals surface area contributed by atoms with E-state index in [1.165, 1.54) is 49.7 Å². The van der Waals surface area contributed by atoms with Crippen molar-refractivity contribution < 1.29 is 0 Å². The van der Waals surface area contributed by atoms with E-state index in [2.05, 4.69) is 66.8 Å². The number of hydrogen-bond donors (Lipinski definition) is 0. The molecule has 0 heterocycles. The number of fused-ring (bicyclic) bond motifs is 3. The Labute approximate surface area is 168 Å². The summed E-state index contributed by atoms with van der Waals surface area (Å²) in [5.74, 6) is 4.34. The monoisotopic (exact) mass is 364 g/mol. The molecule has 4 fully saturated rings. The van der Waals surface area contributed by atoms with Crippen molar-refractivity contribution in [3.63, 3.8) is 0 Å². The Hall–Kier alpha value is -2.08. The zero-order chi connectivity index (χ0) is 18.3. The van der Waals surface area contributed by atoms with E-state index in [0.29, 0.717) is 11.3 Å². The molecular formula is C28H28. The van der Waals surface area contributed by atoms with Crippen LogP contribution in [0.4, 0.5) is 0 Å². The summed E-state index contributed by atoms with van der Waals surface area (Å²) in [6.45, 7) is 0. The number of rotatable bonds is 2. The van der Waals surface area contributed by atoms with Gasteiger partial charge < -0.3 is 0 Å². The lowest BCUT2D eigenvalue weighted by Gasteiger charge is -2.62. The highest BCUT2D eigenvalue weighted by molar-refractivity contribution is 5.79. The second-order valence-electron chi connectivity index (χ2n) is 10.3. The molecule has 2 atom stereocenters. The summed E-state index contributed by atoms with van der Waals surface area (Å²) in [6, 6.07) is 18.6. The highest BCUT2D eigenvalue weighted by atomic mass is 14.6. The van der Waals surface area contributed by atoms with Crippen LogP contribution in [0.1, 0.15) is 55.6 Å². The second kappa shape index (κ2) is 5.50. The Morgan fingerprint density at radius 1 is 0.750 bits per heavy atom. The molecule has 2 aromatic carbocycles. The van der Waals surface area contributed by atoms with Crippen LogP contribution in [0.5, 0.6) is 0 Å².